The van der Waals surface area contributed by atoms with Crippen LogP contribution >= 0.6 is 27.5 Å². The fraction of sp³-hybridized carbons (Fsp3) is 0.154. The molecule has 0 amide bonds. The molecule has 0 saturated carbocycles. The molecule has 18 heavy (non-hydrogen) atoms. The van der Waals surface area contributed by atoms with E-state index < -0.39 is 0 Å². The lowest BCUT2D eigenvalue weighted by atomic mass is 10.2. The first-order valence-corrected chi connectivity index (χ1v) is 6.48. The average molecular weight is 326 g/mol. The van der Waals surface area contributed by atoms with E-state index >= 15 is 0 Å². The zero-order valence-electron chi connectivity index (χ0n) is 9.58. The zero-order valence-corrected chi connectivity index (χ0v) is 11.9. The van der Waals surface area contributed by atoms with E-state index in [1.165, 1.54) is 0 Å². The van der Waals surface area contributed by atoms with Crippen LogP contribution in [0.5, 0.6) is 0 Å². The number of nitrogens with zero attached hydrogens (tertiary/aromatic N) is 1. The molecular formula is C13H10BrClN2O. The van der Waals surface area contributed by atoms with Gasteiger partial charge in [-0.2, -0.15) is 5.26 Å². The van der Waals surface area contributed by atoms with Crippen molar-refractivity contribution in [1.82, 2.24) is 0 Å². The molecular weight excluding hydrogens is 316 g/mol. The van der Waals surface area contributed by atoms with E-state index in [-0.39, 0.29) is 6.04 Å². The summed E-state index contributed by atoms with van der Waals surface area (Å²) in [6.07, 6.45) is 0. The highest BCUT2D eigenvalue weighted by atomic mass is 79.9. The number of anilines is 1. The van der Waals surface area contributed by atoms with Gasteiger partial charge in [-0.15, -0.1) is 0 Å². The van der Waals surface area contributed by atoms with Crippen molar-refractivity contribution in [3.63, 3.8) is 0 Å². The summed E-state index contributed by atoms with van der Waals surface area (Å²) < 4.78 is 6.14. The molecule has 1 heterocycles. The molecule has 0 aliphatic carbocycles. The summed E-state index contributed by atoms with van der Waals surface area (Å²) in [6.45, 7) is 1.96. The van der Waals surface area contributed by atoms with Crippen LogP contribution in [-0.2, 0) is 0 Å². The van der Waals surface area contributed by atoms with Gasteiger partial charge in [0.15, 0.2) is 4.67 Å². The number of hydrogen-bond acceptors (Lipinski definition) is 3. The summed E-state index contributed by atoms with van der Waals surface area (Å²) in [4.78, 5) is 0. The van der Waals surface area contributed by atoms with Crippen molar-refractivity contribution in [2.24, 2.45) is 0 Å². The summed E-state index contributed by atoms with van der Waals surface area (Å²) >= 11 is 9.34. The van der Waals surface area contributed by atoms with Crippen molar-refractivity contribution in [2.45, 2.75) is 13.0 Å². The molecule has 2 rings (SSSR count). The van der Waals surface area contributed by atoms with Crippen LogP contribution in [0.3, 0.4) is 0 Å². The third-order valence-electron chi connectivity index (χ3n) is 2.49. The minimum atomic E-state index is -0.0391. The Morgan fingerprint density at radius 3 is 2.78 bits per heavy atom. The van der Waals surface area contributed by atoms with Crippen LogP contribution in [0.2, 0.25) is 5.02 Å². The molecule has 0 aliphatic heterocycles. The molecule has 0 bridgehead atoms. The zero-order chi connectivity index (χ0) is 13.1. The SMILES string of the molecule is CC(Nc1cc(C#N)ccc1Cl)c1ccc(Br)o1. The molecule has 1 N–H and O–H groups in total. The number of halogens is 2. The number of rotatable bonds is 3. The van der Waals surface area contributed by atoms with Crippen molar-refractivity contribution < 1.29 is 4.42 Å². The number of benzene rings is 1. The lowest BCUT2D eigenvalue weighted by molar-refractivity contribution is 0.471. The predicted octanol–water partition coefficient (Wildman–Crippen LogP) is 4.74. The van der Waals surface area contributed by atoms with Crippen molar-refractivity contribution in [2.75, 3.05) is 5.32 Å². The Balaban J connectivity index is 2.21. The Kier molecular flexibility index (Phi) is 3.95. The van der Waals surface area contributed by atoms with Gasteiger partial charge in [0.2, 0.25) is 0 Å². The van der Waals surface area contributed by atoms with Gasteiger partial charge in [0.05, 0.1) is 28.4 Å². The lowest BCUT2D eigenvalue weighted by Crippen LogP contribution is -2.06. The van der Waals surface area contributed by atoms with Crippen LogP contribution in [-0.4, -0.2) is 0 Å². The van der Waals surface area contributed by atoms with E-state index in [1.807, 2.05) is 19.1 Å². The molecule has 2 aromatic rings. The van der Waals surface area contributed by atoms with Gasteiger partial charge in [0, 0.05) is 0 Å². The first-order valence-electron chi connectivity index (χ1n) is 5.31. The highest BCUT2D eigenvalue weighted by molar-refractivity contribution is 9.10. The second-order valence-electron chi connectivity index (χ2n) is 3.81. The van der Waals surface area contributed by atoms with E-state index in [0.29, 0.717) is 15.3 Å². The monoisotopic (exact) mass is 324 g/mol. The number of nitrogens with one attached hydrogen (secondary N) is 1. The summed E-state index contributed by atoms with van der Waals surface area (Å²) in [5.74, 6) is 0.792. The smallest absolute Gasteiger partial charge is 0.169 e. The second-order valence-corrected chi connectivity index (χ2v) is 5.00. The Bertz CT molecular complexity index is 603. The van der Waals surface area contributed by atoms with Crippen LogP contribution in [0.4, 0.5) is 5.69 Å². The fourth-order valence-electron chi connectivity index (χ4n) is 1.57. The minimum absolute atomic E-state index is 0.0391. The Morgan fingerprint density at radius 2 is 2.17 bits per heavy atom. The normalized spacial score (nSPS) is 11.9. The van der Waals surface area contributed by atoms with Crippen LogP contribution < -0.4 is 5.32 Å². The van der Waals surface area contributed by atoms with Gasteiger partial charge >= 0.3 is 0 Å². The maximum atomic E-state index is 8.86. The molecule has 0 fully saturated rings. The highest BCUT2D eigenvalue weighted by Crippen LogP contribution is 2.28. The van der Waals surface area contributed by atoms with Crippen molar-refractivity contribution in [3.8, 4) is 6.07 Å². The molecule has 1 aromatic heterocycles. The average Bonchev–Trinajstić information content (AvgIpc) is 2.79. The summed E-state index contributed by atoms with van der Waals surface area (Å²) in [6, 6.07) is 10.9. The maximum Gasteiger partial charge on any atom is 0.169 e. The van der Waals surface area contributed by atoms with E-state index in [9.17, 15) is 0 Å². The summed E-state index contributed by atoms with van der Waals surface area (Å²) in [5, 5.41) is 12.7. The number of nitriles is 1. The molecule has 3 nitrogen and oxygen atoms in total. The van der Waals surface area contributed by atoms with Crippen molar-refractivity contribution in [3.05, 3.63) is 51.3 Å². The molecule has 5 heteroatoms. The third-order valence-corrected chi connectivity index (χ3v) is 3.24. The topological polar surface area (TPSA) is 49.0 Å². The number of furan rings is 1. The van der Waals surface area contributed by atoms with Crippen molar-refractivity contribution >= 4 is 33.2 Å². The Labute approximate surface area is 118 Å². The van der Waals surface area contributed by atoms with Gasteiger partial charge in [-0.3, -0.25) is 0 Å². The largest absolute Gasteiger partial charge is 0.452 e. The van der Waals surface area contributed by atoms with Crippen LogP contribution in [0, 0.1) is 11.3 Å². The van der Waals surface area contributed by atoms with E-state index in [4.69, 9.17) is 21.3 Å². The van der Waals surface area contributed by atoms with E-state index in [2.05, 4.69) is 27.3 Å². The second kappa shape index (κ2) is 5.47. The van der Waals surface area contributed by atoms with Gasteiger partial charge in [-0.1, -0.05) is 11.6 Å². The van der Waals surface area contributed by atoms with E-state index in [1.54, 1.807) is 18.2 Å². The predicted molar refractivity (Wildman–Crippen MR) is 74.6 cm³/mol. The quantitative estimate of drug-likeness (QED) is 0.886. The molecule has 0 spiro atoms. The summed E-state index contributed by atoms with van der Waals surface area (Å²) in [5.41, 5.74) is 1.28. The van der Waals surface area contributed by atoms with Crippen molar-refractivity contribution in [1.29, 1.82) is 5.26 Å². The highest BCUT2D eigenvalue weighted by Gasteiger charge is 2.11. The lowest BCUT2D eigenvalue weighted by Gasteiger charge is -2.14. The Morgan fingerprint density at radius 1 is 1.39 bits per heavy atom. The maximum absolute atomic E-state index is 8.86. The molecule has 1 unspecified atom stereocenters. The van der Waals surface area contributed by atoms with Gasteiger partial charge in [-0.25, -0.2) is 0 Å². The van der Waals surface area contributed by atoms with Gasteiger partial charge in [0.25, 0.3) is 0 Å². The Hall–Kier alpha value is -1.44. The molecule has 1 atom stereocenters. The van der Waals surface area contributed by atoms with Gasteiger partial charge in [0.1, 0.15) is 5.76 Å². The number of hydrogen-bond donors (Lipinski definition) is 1. The fourth-order valence-corrected chi connectivity index (χ4v) is 2.06. The molecule has 0 saturated heterocycles. The minimum Gasteiger partial charge on any atom is -0.452 e. The van der Waals surface area contributed by atoms with Crippen LogP contribution in [0.25, 0.3) is 0 Å². The van der Waals surface area contributed by atoms with Gasteiger partial charge in [-0.05, 0) is 53.2 Å². The molecule has 1 aromatic carbocycles. The molecule has 0 radical (unpaired) electrons. The molecule has 92 valence electrons. The first kappa shape index (κ1) is 13.0. The third kappa shape index (κ3) is 2.87. The van der Waals surface area contributed by atoms with Crippen LogP contribution in [0.15, 0.2) is 39.4 Å². The van der Waals surface area contributed by atoms with Crippen LogP contribution in [0.1, 0.15) is 24.3 Å². The standard InChI is InChI=1S/C13H10BrClN2O/c1-8(12-4-5-13(14)18-12)17-11-6-9(7-16)2-3-10(11)15/h2-6,8,17H,1H3. The van der Waals surface area contributed by atoms with Gasteiger partial charge < -0.3 is 9.73 Å². The first-order chi connectivity index (χ1) is 8.60. The van der Waals surface area contributed by atoms with E-state index in [0.717, 1.165) is 11.4 Å². The summed E-state index contributed by atoms with van der Waals surface area (Å²) in [7, 11) is 0. The molecule has 0 aliphatic rings.